The third kappa shape index (κ3) is 3.28. The van der Waals surface area contributed by atoms with Crippen LogP contribution in [-0.2, 0) is 0 Å². The molecule has 0 aromatic carbocycles. The summed E-state index contributed by atoms with van der Waals surface area (Å²) in [6.07, 6.45) is 7.24. The lowest BCUT2D eigenvalue weighted by Crippen LogP contribution is -2.27. The summed E-state index contributed by atoms with van der Waals surface area (Å²) in [6, 6.07) is 4.42. The number of hydrogen-bond donors (Lipinski definition) is 2. The highest BCUT2D eigenvalue weighted by atomic mass is 32.2. The van der Waals surface area contributed by atoms with Gasteiger partial charge in [-0.15, -0.1) is 0 Å². The first-order valence-electron chi connectivity index (χ1n) is 6.21. The van der Waals surface area contributed by atoms with Gasteiger partial charge in [0, 0.05) is 17.0 Å². The number of pyridine rings is 1. The fourth-order valence-corrected chi connectivity index (χ4v) is 3.06. The molecule has 4 heteroatoms. The molecule has 1 aliphatic rings. The third-order valence-electron chi connectivity index (χ3n) is 3.41. The first-order chi connectivity index (χ1) is 8.19. The van der Waals surface area contributed by atoms with E-state index in [-0.39, 0.29) is 0 Å². The summed E-state index contributed by atoms with van der Waals surface area (Å²) in [5.41, 5.74) is 7.70. The number of nitrogen functional groups attached to an aromatic ring is 1. The topological polar surface area (TPSA) is 50.9 Å². The van der Waals surface area contributed by atoms with Crippen molar-refractivity contribution in [3.05, 3.63) is 17.8 Å². The van der Waals surface area contributed by atoms with Crippen LogP contribution in [0.25, 0.3) is 0 Å². The van der Waals surface area contributed by atoms with Crippen molar-refractivity contribution in [3.63, 3.8) is 0 Å². The van der Waals surface area contributed by atoms with Gasteiger partial charge in [-0.2, -0.15) is 11.8 Å². The average molecular weight is 251 g/mol. The van der Waals surface area contributed by atoms with Crippen LogP contribution in [0, 0.1) is 6.92 Å². The Balaban J connectivity index is 1.95. The zero-order chi connectivity index (χ0) is 12.3. The number of thioether (sulfide) groups is 1. The first-order valence-corrected chi connectivity index (χ1v) is 7.50. The predicted molar refractivity (Wildman–Crippen MR) is 76.6 cm³/mol. The van der Waals surface area contributed by atoms with E-state index in [1.807, 2.05) is 30.8 Å². The maximum absolute atomic E-state index is 5.93. The minimum atomic E-state index is 0.537. The monoisotopic (exact) mass is 251 g/mol. The predicted octanol–water partition coefficient (Wildman–Crippen LogP) is 3.06. The summed E-state index contributed by atoms with van der Waals surface area (Å²) in [5.74, 6) is 0.859. The number of nitrogens with two attached hydrogens (primary N) is 1. The Bertz CT molecular complexity index is 373. The van der Waals surface area contributed by atoms with E-state index in [4.69, 9.17) is 5.73 Å². The van der Waals surface area contributed by atoms with Gasteiger partial charge in [-0.25, -0.2) is 4.98 Å². The molecule has 0 saturated heterocycles. The van der Waals surface area contributed by atoms with Crippen LogP contribution in [0.1, 0.15) is 31.4 Å². The second-order valence-corrected chi connectivity index (χ2v) is 5.88. The van der Waals surface area contributed by atoms with E-state index in [1.54, 1.807) is 0 Å². The quantitative estimate of drug-likeness (QED) is 0.867. The Morgan fingerprint density at radius 2 is 2.00 bits per heavy atom. The largest absolute Gasteiger partial charge is 0.396 e. The Morgan fingerprint density at radius 3 is 2.65 bits per heavy atom. The lowest BCUT2D eigenvalue weighted by atomic mass is 9.95. The third-order valence-corrected chi connectivity index (χ3v) is 4.55. The number of aryl methyl sites for hydroxylation is 1. The Kier molecular flexibility index (Phi) is 4.15. The molecule has 1 aromatic rings. The fourth-order valence-electron chi connectivity index (χ4n) is 2.32. The summed E-state index contributed by atoms with van der Waals surface area (Å²) >= 11 is 1.99. The fraction of sp³-hybridized carbons (Fsp3) is 0.615. The van der Waals surface area contributed by atoms with Crippen molar-refractivity contribution in [3.8, 4) is 0 Å². The molecule has 2 rings (SSSR count). The van der Waals surface area contributed by atoms with Crippen molar-refractivity contribution in [2.75, 3.05) is 17.3 Å². The molecule has 0 radical (unpaired) electrons. The highest BCUT2D eigenvalue weighted by molar-refractivity contribution is 7.99. The van der Waals surface area contributed by atoms with Gasteiger partial charge >= 0.3 is 0 Å². The van der Waals surface area contributed by atoms with E-state index in [1.165, 1.54) is 25.7 Å². The Hall–Kier alpha value is -0.900. The number of nitrogens with zero attached hydrogens (tertiary/aromatic N) is 1. The molecule has 0 atom stereocenters. The van der Waals surface area contributed by atoms with E-state index in [9.17, 15) is 0 Å². The van der Waals surface area contributed by atoms with E-state index < -0.39 is 0 Å². The molecule has 0 aliphatic heterocycles. The van der Waals surface area contributed by atoms with Crippen molar-refractivity contribution < 1.29 is 0 Å². The lowest BCUT2D eigenvalue weighted by Gasteiger charge is -2.28. The molecule has 0 amide bonds. The van der Waals surface area contributed by atoms with Crippen LogP contribution in [0.15, 0.2) is 12.1 Å². The smallest absolute Gasteiger partial charge is 0.149 e. The number of anilines is 2. The van der Waals surface area contributed by atoms with Gasteiger partial charge in [-0.3, -0.25) is 0 Å². The summed E-state index contributed by atoms with van der Waals surface area (Å²) in [5, 5.41) is 4.33. The Morgan fingerprint density at radius 1 is 1.29 bits per heavy atom. The van der Waals surface area contributed by atoms with Crippen LogP contribution in [0.4, 0.5) is 11.5 Å². The summed E-state index contributed by atoms with van der Waals surface area (Å²) in [7, 11) is 0. The Labute approximate surface area is 108 Å². The van der Waals surface area contributed by atoms with Crippen molar-refractivity contribution >= 4 is 23.3 Å². The zero-order valence-corrected chi connectivity index (χ0v) is 11.4. The first kappa shape index (κ1) is 12.6. The van der Waals surface area contributed by atoms with Gasteiger partial charge in [-0.1, -0.05) is 0 Å². The van der Waals surface area contributed by atoms with Crippen LogP contribution in [0.5, 0.6) is 0 Å². The van der Waals surface area contributed by atoms with E-state index >= 15 is 0 Å². The van der Waals surface area contributed by atoms with Crippen molar-refractivity contribution in [1.82, 2.24) is 4.98 Å². The maximum Gasteiger partial charge on any atom is 0.149 e. The van der Waals surface area contributed by atoms with Gasteiger partial charge < -0.3 is 11.1 Å². The molecular formula is C13H21N3S. The number of aromatic nitrogens is 1. The molecule has 94 valence electrons. The molecule has 3 N–H and O–H groups in total. The van der Waals surface area contributed by atoms with Gasteiger partial charge in [0.2, 0.25) is 0 Å². The molecule has 0 bridgehead atoms. The van der Waals surface area contributed by atoms with Crippen LogP contribution >= 0.6 is 11.8 Å². The van der Waals surface area contributed by atoms with Gasteiger partial charge in [0.25, 0.3) is 0 Å². The number of rotatable bonds is 3. The summed E-state index contributed by atoms with van der Waals surface area (Å²) in [4.78, 5) is 4.46. The van der Waals surface area contributed by atoms with Gasteiger partial charge in [-0.05, 0) is 51.0 Å². The van der Waals surface area contributed by atoms with Crippen molar-refractivity contribution in [2.24, 2.45) is 0 Å². The molecule has 1 fully saturated rings. The standard InChI is InChI=1S/C13H21N3S/c1-9-3-8-12(14)13(15-9)16-10-4-6-11(17-2)7-5-10/h3,8,10-11H,4-7,14H2,1-2H3,(H,15,16). The molecule has 3 nitrogen and oxygen atoms in total. The maximum atomic E-state index is 5.93. The second-order valence-electron chi connectivity index (χ2n) is 4.74. The highest BCUT2D eigenvalue weighted by Gasteiger charge is 2.20. The minimum absolute atomic E-state index is 0.537. The molecular weight excluding hydrogens is 230 g/mol. The molecule has 1 heterocycles. The van der Waals surface area contributed by atoms with E-state index in [0.717, 1.165) is 22.4 Å². The van der Waals surface area contributed by atoms with E-state index in [0.29, 0.717) is 6.04 Å². The molecule has 1 aromatic heterocycles. The molecule has 0 unspecified atom stereocenters. The van der Waals surface area contributed by atoms with Crippen molar-refractivity contribution in [1.29, 1.82) is 0 Å². The average Bonchev–Trinajstić information content (AvgIpc) is 2.35. The van der Waals surface area contributed by atoms with Gasteiger partial charge in [0.1, 0.15) is 5.82 Å². The van der Waals surface area contributed by atoms with E-state index in [2.05, 4.69) is 16.6 Å². The van der Waals surface area contributed by atoms with Crippen LogP contribution in [0.3, 0.4) is 0 Å². The highest BCUT2D eigenvalue weighted by Crippen LogP contribution is 2.29. The molecule has 1 aliphatic carbocycles. The zero-order valence-electron chi connectivity index (χ0n) is 10.6. The minimum Gasteiger partial charge on any atom is -0.396 e. The summed E-state index contributed by atoms with van der Waals surface area (Å²) in [6.45, 7) is 2.00. The van der Waals surface area contributed by atoms with Gasteiger partial charge in [0.15, 0.2) is 0 Å². The lowest BCUT2D eigenvalue weighted by molar-refractivity contribution is 0.472. The molecule has 1 saturated carbocycles. The molecule has 0 spiro atoms. The van der Waals surface area contributed by atoms with Gasteiger partial charge in [0.05, 0.1) is 5.69 Å². The number of nitrogens with one attached hydrogen (secondary N) is 1. The normalized spacial score (nSPS) is 24.6. The van der Waals surface area contributed by atoms with Crippen LogP contribution in [-0.4, -0.2) is 22.5 Å². The SMILES string of the molecule is CSC1CCC(Nc2nc(C)ccc2N)CC1. The molecule has 17 heavy (non-hydrogen) atoms. The van der Waals surface area contributed by atoms with Crippen LogP contribution in [0.2, 0.25) is 0 Å². The number of hydrogen-bond acceptors (Lipinski definition) is 4. The summed E-state index contributed by atoms with van der Waals surface area (Å²) < 4.78 is 0. The second kappa shape index (κ2) is 5.63. The van der Waals surface area contributed by atoms with Crippen LogP contribution < -0.4 is 11.1 Å². The van der Waals surface area contributed by atoms with Crippen molar-refractivity contribution in [2.45, 2.75) is 43.9 Å².